The van der Waals surface area contributed by atoms with Gasteiger partial charge in [-0.2, -0.15) is 5.06 Å². The van der Waals surface area contributed by atoms with Crippen molar-refractivity contribution < 1.29 is 9.57 Å². The number of hydroxylamine groups is 2. The second kappa shape index (κ2) is 6.85. The summed E-state index contributed by atoms with van der Waals surface area (Å²) in [5.74, 6) is 0. The first kappa shape index (κ1) is 14.3. The molecule has 0 spiro atoms. The van der Waals surface area contributed by atoms with Crippen molar-refractivity contribution in [3.05, 3.63) is 71.8 Å². The molecule has 0 bridgehead atoms. The largest absolute Gasteiger partial charge is 0.351 e. The Bertz CT molecular complexity index is 544. The molecule has 2 aromatic rings. The Kier molecular flexibility index (Phi) is 4.65. The van der Waals surface area contributed by atoms with Crippen LogP contribution in [0.15, 0.2) is 60.7 Å². The third kappa shape index (κ3) is 3.50. The third-order valence-corrected chi connectivity index (χ3v) is 3.73. The van der Waals surface area contributed by atoms with Gasteiger partial charge in [0.15, 0.2) is 6.29 Å². The van der Waals surface area contributed by atoms with E-state index in [0.717, 1.165) is 13.0 Å². The molecule has 110 valence electrons. The molecule has 0 aromatic heterocycles. The highest BCUT2D eigenvalue weighted by Gasteiger charge is 2.34. The van der Waals surface area contributed by atoms with E-state index in [9.17, 15) is 0 Å². The molecule has 1 aliphatic rings. The summed E-state index contributed by atoms with van der Waals surface area (Å²) in [5.41, 5.74) is 2.52. The van der Waals surface area contributed by atoms with Crippen LogP contribution in [0.5, 0.6) is 0 Å². The van der Waals surface area contributed by atoms with Gasteiger partial charge in [-0.15, -0.1) is 0 Å². The molecule has 0 aliphatic carbocycles. The van der Waals surface area contributed by atoms with E-state index in [-0.39, 0.29) is 12.3 Å². The van der Waals surface area contributed by atoms with Gasteiger partial charge in [-0.1, -0.05) is 60.7 Å². The molecule has 1 aliphatic heterocycles. The maximum Gasteiger partial charge on any atom is 0.179 e. The van der Waals surface area contributed by atoms with Crippen LogP contribution in [0, 0.1) is 0 Å². The van der Waals surface area contributed by atoms with Gasteiger partial charge in [-0.25, -0.2) is 0 Å². The topological polar surface area (TPSA) is 21.7 Å². The first-order valence-electron chi connectivity index (χ1n) is 7.50. The van der Waals surface area contributed by atoms with Crippen molar-refractivity contribution >= 4 is 0 Å². The summed E-state index contributed by atoms with van der Waals surface area (Å²) < 4.78 is 5.66. The van der Waals surface area contributed by atoms with Gasteiger partial charge in [-0.3, -0.25) is 4.84 Å². The van der Waals surface area contributed by atoms with Crippen LogP contribution in [0.25, 0.3) is 0 Å². The highest BCUT2D eigenvalue weighted by atomic mass is 16.8. The summed E-state index contributed by atoms with van der Waals surface area (Å²) in [7, 11) is 0. The van der Waals surface area contributed by atoms with Crippen molar-refractivity contribution in [2.75, 3.05) is 6.61 Å². The molecule has 0 amide bonds. The monoisotopic (exact) mass is 283 g/mol. The van der Waals surface area contributed by atoms with Crippen LogP contribution in [0.4, 0.5) is 0 Å². The molecule has 1 fully saturated rings. The van der Waals surface area contributed by atoms with Crippen LogP contribution in [0.3, 0.4) is 0 Å². The van der Waals surface area contributed by atoms with Crippen LogP contribution in [0.2, 0.25) is 0 Å². The fourth-order valence-electron chi connectivity index (χ4n) is 2.74. The number of rotatable bonds is 5. The minimum Gasteiger partial charge on any atom is -0.351 e. The fourth-order valence-corrected chi connectivity index (χ4v) is 2.74. The molecule has 2 atom stereocenters. The van der Waals surface area contributed by atoms with Gasteiger partial charge in [-0.05, 0) is 18.1 Å². The molecule has 3 nitrogen and oxygen atoms in total. The van der Waals surface area contributed by atoms with E-state index in [0.29, 0.717) is 6.61 Å². The van der Waals surface area contributed by atoms with Crippen molar-refractivity contribution in [1.29, 1.82) is 0 Å². The average molecular weight is 283 g/mol. The zero-order valence-corrected chi connectivity index (χ0v) is 12.3. The molecule has 1 saturated heterocycles. The van der Waals surface area contributed by atoms with Gasteiger partial charge in [0.05, 0.1) is 6.04 Å². The van der Waals surface area contributed by atoms with Crippen LogP contribution in [-0.4, -0.2) is 18.0 Å². The SMILES string of the molecule is CCO[C@@H]1C[C@H](c2ccccc2)N(Cc2ccccc2)O1. The normalized spacial score (nSPS) is 22.5. The number of hydrogen-bond donors (Lipinski definition) is 0. The zero-order valence-electron chi connectivity index (χ0n) is 12.3. The predicted octanol–water partition coefficient (Wildman–Crippen LogP) is 3.93. The van der Waals surface area contributed by atoms with Gasteiger partial charge in [0.25, 0.3) is 0 Å². The van der Waals surface area contributed by atoms with Crippen LogP contribution in [0.1, 0.15) is 30.5 Å². The zero-order chi connectivity index (χ0) is 14.5. The molecule has 0 saturated carbocycles. The molecular weight excluding hydrogens is 262 g/mol. The van der Waals surface area contributed by atoms with Gasteiger partial charge < -0.3 is 4.74 Å². The Morgan fingerprint density at radius 1 is 1.05 bits per heavy atom. The van der Waals surface area contributed by atoms with Crippen molar-refractivity contribution in [1.82, 2.24) is 5.06 Å². The lowest BCUT2D eigenvalue weighted by molar-refractivity contribution is -0.243. The number of benzene rings is 2. The van der Waals surface area contributed by atoms with Gasteiger partial charge in [0.1, 0.15) is 0 Å². The van der Waals surface area contributed by atoms with E-state index in [1.807, 2.05) is 24.1 Å². The second-order valence-electron chi connectivity index (χ2n) is 5.21. The van der Waals surface area contributed by atoms with Gasteiger partial charge >= 0.3 is 0 Å². The highest BCUT2D eigenvalue weighted by Crippen LogP contribution is 2.35. The van der Waals surface area contributed by atoms with Gasteiger partial charge in [0.2, 0.25) is 0 Å². The third-order valence-electron chi connectivity index (χ3n) is 3.73. The number of hydrogen-bond acceptors (Lipinski definition) is 3. The summed E-state index contributed by atoms with van der Waals surface area (Å²) in [6.45, 7) is 3.44. The second-order valence-corrected chi connectivity index (χ2v) is 5.21. The van der Waals surface area contributed by atoms with E-state index < -0.39 is 0 Å². The summed E-state index contributed by atoms with van der Waals surface area (Å²) in [6, 6.07) is 21.1. The van der Waals surface area contributed by atoms with E-state index in [1.165, 1.54) is 11.1 Å². The quantitative estimate of drug-likeness (QED) is 0.830. The molecule has 21 heavy (non-hydrogen) atoms. The fraction of sp³-hybridized carbons (Fsp3) is 0.333. The lowest BCUT2D eigenvalue weighted by atomic mass is 10.0. The molecule has 0 unspecified atom stereocenters. The predicted molar refractivity (Wildman–Crippen MR) is 82.3 cm³/mol. The van der Waals surface area contributed by atoms with Crippen LogP contribution in [-0.2, 0) is 16.1 Å². The highest BCUT2D eigenvalue weighted by molar-refractivity contribution is 5.20. The van der Waals surface area contributed by atoms with Crippen molar-refractivity contribution in [2.24, 2.45) is 0 Å². The lowest BCUT2D eigenvalue weighted by Gasteiger charge is -2.22. The molecule has 2 aromatic carbocycles. The summed E-state index contributed by atoms with van der Waals surface area (Å²) in [5, 5.41) is 2.05. The first-order valence-corrected chi connectivity index (χ1v) is 7.50. The van der Waals surface area contributed by atoms with E-state index in [2.05, 4.69) is 48.5 Å². The Morgan fingerprint density at radius 2 is 1.71 bits per heavy atom. The van der Waals surface area contributed by atoms with E-state index in [4.69, 9.17) is 9.57 Å². The maximum atomic E-state index is 5.98. The van der Waals surface area contributed by atoms with E-state index >= 15 is 0 Å². The van der Waals surface area contributed by atoms with Crippen LogP contribution < -0.4 is 0 Å². The van der Waals surface area contributed by atoms with E-state index in [1.54, 1.807) is 0 Å². The van der Waals surface area contributed by atoms with Crippen LogP contribution >= 0.6 is 0 Å². The van der Waals surface area contributed by atoms with Crippen molar-refractivity contribution in [3.8, 4) is 0 Å². The Hall–Kier alpha value is -1.68. The molecule has 0 radical (unpaired) electrons. The van der Waals surface area contributed by atoms with Gasteiger partial charge in [0, 0.05) is 19.6 Å². The number of nitrogens with zero attached hydrogens (tertiary/aromatic N) is 1. The Labute approximate surface area is 126 Å². The molecule has 3 heteroatoms. The first-order chi connectivity index (χ1) is 10.4. The Balaban J connectivity index is 1.78. The number of ether oxygens (including phenoxy) is 1. The summed E-state index contributed by atoms with van der Waals surface area (Å²) in [6.07, 6.45) is 0.717. The molecule has 3 rings (SSSR count). The molecule has 1 heterocycles. The van der Waals surface area contributed by atoms with Crippen molar-refractivity contribution in [3.63, 3.8) is 0 Å². The lowest BCUT2D eigenvalue weighted by Crippen LogP contribution is -2.22. The average Bonchev–Trinajstić information content (AvgIpc) is 2.92. The minimum absolute atomic E-state index is 0.149. The summed E-state index contributed by atoms with van der Waals surface area (Å²) in [4.78, 5) is 5.98. The Morgan fingerprint density at radius 3 is 2.38 bits per heavy atom. The maximum absolute atomic E-state index is 5.98. The molecule has 0 N–H and O–H groups in total. The standard InChI is InChI=1S/C18H21NO2/c1-2-20-18-13-17(16-11-7-4-8-12-16)19(21-18)14-15-9-5-3-6-10-15/h3-12,17-18H,2,13-14H2,1H3/t17-,18+/m1/s1. The minimum atomic E-state index is -0.149. The van der Waals surface area contributed by atoms with Crippen molar-refractivity contribution in [2.45, 2.75) is 32.2 Å². The smallest absolute Gasteiger partial charge is 0.179 e. The molecular formula is C18H21NO2. The summed E-state index contributed by atoms with van der Waals surface area (Å²) >= 11 is 0.